The lowest BCUT2D eigenvalue weighted by Crippen LogP contribution is -2.34. The molecule has 0 radical (unpaired) electrons. The summed E-state index contributed by atoms with van der Waals surface area (Å²) in [4.78, 5) is 78.0. The molecule has 2 aliphatic heterocycles. The Morgan fingerprint density at radius 2 is 1.00 bits per heavy atom. The largest absolute Gasteiger partial charge is 0.534 e. The zero-order chi connectivity index (χ0) is 25.8. The third kappa shape index (κ3) is 8.47. The van der Waals surface area contributed by atoms with Crippen LogP contribution in [0.2, 0.25) is 0 Å². The topological polar surface area (TPSA) is 164 Å². The summed E-state index contributed by atoms with van der Waals surface area (Å²) in [5.41, 5.74) is -0.343. The van der Waals surface area contributed by atoms with Gasteiger partial charge in [-0.2, -0.15) is 0 Å². The second-order valence-electron chi connectivity index (χ2n) is 7.86. The molecule has 0 aromatic carbocycles. The molecule has 0 aromatic rings. The lowest BCUT2D eigenvalue weighted by molar-refractivity contribution is -0.178. The Labute approximate surface area is 201 Å². The van der Waals surface area contributed by atoms with E-state index in [9.17, 15) is 28.8 Å². The van der Waals surface area contributed by atoms with Crippen LogP contribution < -0.4 is 0 Å². The number of amides is 4. The molecule has 0 saturated carbocycles. The third-order valence-corrected chi connectivity index (χ3v) is 5.55. The Morgan fingerprint density at radius 1 is 0.657 bits per heavy atom. The van der Waals surface area contributed by atoms with E-state index in [1.54, 1.807) is 0 Å². The van der Waals surface area contributed by atoms with Gasteiger partial charge in [-0.25, -0.2) is 9.59 Å². The molecule has 2 saturated heterocycles. The zero-order valence-electron chi connectivity index (χ0n) is 19.8. The van der Waals surface area contributed by atoms with Gasteiger partial charge in [0.1, 0.15) is 13.2 Å². The zero-order valence-corrected chi connectivity index (χ0v) is 19.8. The fourth-order valence-corrected chi connectivity index (χ4v) is 3.16. The van der Waals surface area contributed by atoms with Crippen molar-refractivity contribution < 1.29 is 57.4 Å². The fourth-order valence-electron chi connectivity index (χ4n) is 3.16. The highest BCUT2D eigenvalue weighted by molar-refractivity contribution is 6.01. The molecule has 0 unspecified atom stereocenters. The molecular weight excluding hydrogens is 472 g/mol. The monoisotopic (exact) mass is 502 g/mol. The number of rotatable bonds is 14. The van der Waals surface area contributed by atoms with E-state index in [2.05, 4.69) is 9.68 Å². The number of carbonyl (C=O) groups is 6. The first-order chi connectivity index (χ1) is 16.7. The van der Waals surface area contributed by atoms with Crippen LogP contribution in [-0.2, 0) is 47.8 Å². The quantitative estimate of drug-likeness (QED) is 0.190. The maximum atomic E-state index is 11.6. The van der Waals surface area contributed by atoms with Crippen molar-refractivity contribution in [2.75, 3.05) is 39.6 Å². The van der Waals surface area contributed by atoms with E-state index in [1.807, 2.05) is 13.8 Å². The molecule has 2 aliphatic rings. The van der Waals surface area contributed by atoms with Crippen LogP contribution in [0, 0.1) is 5.41 Å². The van der Waals surface area contributed by atoms with Crippen LogP contribution in [0.4, 0.5) is 9.59 Å². The van der Waals surface area contributed by atoms with E-state index < -0.39 is 35.9 Å². The van der Waals surface area contributed by atoms with Crippen molar-refractivity contribution in [3.05, 3.63) is 0 Å². The second kappa shape index (κ2) is 13.6. The standard InChI is InChI=1S/C21H30N2O12/c1-3-21(4-2,13-30-9-11-32-19(28)34-22-15(24)5-6-16(22)25)14-31-10-12-33-20(29)35-23-17(26)7-8-18(23)27/h3-14H2,1-2H3. The van der Waals surface area contributed by atoms with E-state index in [1.165, 1.54) is 0 Å². The number of hydrogen-bond donors (Lipinski definition) is 0. The molecule has 0 aromatic heterocycles. The minimum Gasteiger partial charge on any atom is -0.430 e. The Balaban J connectivity index is 1.59. The molecule has 2 rings (SSSR count). The van der Waals surface area contributed by atoms with Gasteiger partial charge < -0.3 is 18.9 Å². The predicted octanol–water partition coefficient (Wildman–Crippen LogP) is 1.26. The van der Waals surface area contributed by atoms with Crippen molar-refractivity contribution in [1.29, 1.82) is 0 Å². The molecule has 2 fully saturated rings. The smallest absolute Gasteiger partial charge is 0.430 e. The fraction of sp³-hybridized carbons (Fsp3) is 0.714. The maximum absolute atomic E-state index is 11.6. The second-order valence-corrected chi connectivity index (χ2v) is 7.86. The summed E-state index contributed by atoms with van der Waals surface area (Å²) in [5.74, 6) is -2.40. The summed E-state index contributed by atoms with van der Waals surface area (Å²) in [5, 5.41) is 0.795. The summed E-state index contributed by atoms with van der Waals surface area (Å²) < 4.78 is 20.8. The van der Waals surface area contributed by atoms with Crippen molar-refractivity contribution >= 4 is 35.9 Å². The molecular formula is C21H30N2O12. The number of imide groups is 2. The van der Waals surface area contributed by atoms with Crippen molar-refractivity contribution in [3.8, 4) is 0 Å². The average Bonchev–Trinajstić information content (AvgIpc) is 3.32. The highest BCUT2D eigenvalue weighted by Gasteiger charge is 2.34. The Morgan fingerprint density at radius 3 is 1.31 bits per heavy atom. The molecule has 35 heavy (non-hydrogen) atoms. The summed E-state index contributed by atoms with van der Waals surface area (Å²) in [6, 6.07) is 0. The van der Waals surface area contributed by atoms with E-state index in [0.717, 1.165) is 0 Å². The van der Waals surface area contributed by atoms with Gasteiger partial charge in [-0.15, -0.1) is 0 Å². The van der Waals surface area contributed by atoms with Crippen molar-refractivity contribution in [2.24, 2.45) is 5.41 Å². The first kappa shape index (κ1) is 28.0. The van der Waals surface area contributed by atoms with Crippen LogP contribution in [0.5, 0.6) is 0 Å². The Kier molecular flexibility index (Phi) is 10.9. The van der Waals surface area contributed by atoms with Gasteiger partial charge in [0, 0.05) is 31.1 Å². The molecule has 4 amide bonds. The molecule has 0 bridgehead atoms. The van der Waals surface area contributed by atoms with Crippen LogP contribution in [0.25, 0.3) is 0 Å². The minimum atomic E-state index is -1.17. The highest BCUT2D eigenvalue weighted by Crippen LogP contribution is 2.27. The summed E-state index contributed by atoms with van der Waals surface area (Å²) >= 11 is 0. The highest BCUT2D eigenvalue weighted by atomic mass is 16.8. The number of ether oxygens (including phenoxy) is 4. The SMILES string of the molecule is CCC(CC)(COCCOC(=O)ON1C(=O)CCC1=O)COCCOC(=O)ON1C(=O)CCC1=O. The Hall–Kier alpha value is -3.26. The molecule has 196 valence electrons. The van der Waals surface area contributed by atoms with Gasteiger partial charge >= 0.3 is 12.3 Å². The van der Waals surface area contributed by atoms with Gasteiger partial charge in [0.15, 0.2) is 0 Å². The van der Waals surface area contributed by atoms with Gasteiger partial charge in [0.25, 0.3) is 23.6 Å². The van der Waals surface area contributed by atoms with E-state index in [-0.39, 0.29) is 57.5 Å². The predicted molar refractivity (Wildman–Crippen MR) is 112 cm³/mol. The van der Waals surface area contributed by atoms with Crippen LogP contribution >= 0.6 is 0 Å². The molecule has 14 heteroatoms. The van der Waals surface area contributed by atoms with Gasteiger partial charge in [-0.05, 0) is 12.8 Å². The Bertz CT molecular complexity index is 716. The van der Waals surface area contributed by atoms with Gasteiger partial charge in [-0.1, -0.05) is 24.0 Å². The van der Waals surface area contributed by atoms with E-state index in [0.29, 0.717) is 36.2 Å². The van der Waals surface area contributed by atoms with Crippen molar-refractivity contribution in [1.82, 2.24) is 10.1 Å². The number of carbonyl (C=O) groups excluding carboxylic acids is 6. The van der Waals surface area contributed by atoms with Crippen molar-refractivity contribution in [3.63, 3.8) is 0 Å². The normalized spacial score (nSPS) is 16.2. The van der Waals surface area contributed by atoms with E-state index >= 15 is 0 Å². The van der Waals surface area contributed by atoms with Crippen molar-refractivity contribution in [2.45, 2.75) is 52.4 Å². The molecule has 0 N–H and O–H groups in total. The molecule has 0 aliphatic carbocycles. The lowest BCUT2D eigenvalue weighted by atomic mass is 9.84. The molecule has 14 nitrogen and oxygen atoms in total. The van der Waals surface area contributed by atoms with Crippen LogP contribution in [0.3, 0.4) is 0 Å². The summed E-state index contributed by atoms with van der Waals surface area (Å²) in [6.07, 6.45) is -0.950. The third-order valence-electron chi connectivity index (χ3n) is 5.55. The summed E-state index contributed by atoms with van der Waals surface area (Å²) in [7, 11) is 0. The average molecular weight is 502 g/mol. The number of nitrogens with zero attached hydrogens (tertiary/aromatic N) is 2. The first-order valence-corrected chi connectivity index (χ1v) is 11.3. The molecule has 0 atom stereocenters. The van der Waals surface area contributed by atoms with E-state index in [4.69, 9.17) is 18.9 Å². The minimum absolute atomic E-state index is 0.00968. The summed E-state index contributed by atoms with van der Waals surface area (Å²) in [6.45, 7) is 4.35. The van der Waals surface area contributed by atoms with Crippen LogP contribution in [0.15, 0.2) is 0 Å². The van der Waals surface area contributed by atoms with Gasteiger partial charge in [-0.3, -0.25) is 28.9 Å². The van der Waals surface area contributed by atoms with Gasteiger partial charge in [0.2, 0.25) is 0 Å². The number of hydrogen-bond acceptors (Lipinski definition) is 12. The van der Waals surface area contributed by atoms with Crippen LogP contribution in [-0.4, -0.2) is 85.7 Å². The number of hydroxylamine groups is 4. The first-order valence-electron chi connectivity index (χ1n) is 11.3. The molecule has 2 heterocycles. The maximum Gasteiger partial charge on any atom is 0.534 e. The molecule has 0 spiro atoms. The van der Waals surface area contributed by atoms with Gasteiger partial charge in [0.05, 0.1) is 26.4 Å². The lowest BCUT2D eigenvalue weighted by Gasteiger charge is -2.31. The van der Waals surface area contributed by atoms with Crippen LogP contribution in [0.1, 0.15) is 52.4 Å².